The minimum absolute atomic E-state index is 0.428. The normalized spacial score (nSPS) is 27.7. The fraction of sp³-hybridized carbons (Fsp3) is 1.00. The van der Waals surface area contributed by atoms with Crippen molar-refractivity contribution in [1.29, 1.82) is 0 Å². The van der Waals surface area contributed by atoms with E-state index in [1.807, 2.05) is 0 Å². The van der Waals surface area contributed by atoms with Crippen molar-refractivity contribution in [3.63, 3.8) is 0 Å². The minimum atomic E-state index is -4.96. The Morgan fingerprint density at radius 1 is 1.05 bits per heavy atom. The summed E-state index contributed by atoms with van der Waals surface area (Å²) in [5.74, 6) is 0. The number of nitrogens with one attached hydrogen (secondary N) is 1. The molecule has 1 aliphatic heterocycles. The van der Waals surface area contributed by atoms with Crippen molar-refractivity contribution in [2.24, 2.45) is 0 Å². The molecule has 0 bridgehead atoms. The molecular weight excluding hydrogens is 374 g/mol. The molecule has 1 rings (SSSR count). The second-order valence-corrected chi connectivity index (χ2v) is 7.49. The first kappa shape index (κ1) is 19.6. The van der Waals surface area contributed by atoms with Gasteiger partial charge in [-0.25, -0.2) is 8.37 Å². The van der Waals surface area contributed by atoms with Gasteiger partial charge in [-0.15, -0.1) is 0 Å². The highest BCUT2D eigenvalue weighted by molar-refractivity contribution is 7.83. The van der Waals surface area contributed by atoms with Gasteiger partial charge in [0.15, 0.2) is 0 Å². The number of hydrogen-bond acceptors (Lipinski definition) is 9. The summed E-state index contributed by atoms with van der Waals surface area (Å²) in [6.07, 6.45) is -3.03. The molecule has 0 aliphatic carbocycles. The first-order valence-corrected chi connectivity index (χ1v) is 9.56. The van der Waals surface area contributed by atoms with Crippen molar-refractivity contribution >= 4 is 31.1 Å². The Balaban J connectivity index is 2.79. The number of rotatable bonds is 7. The van der Waals surface area contributed by atoms with Gasteiger partial charge < -0.3 is 4.74 Å². The molecule has 1 fully saturated rings. The first-order chi connectivity index (χ1) is 9.75. The summed E-state index contributed by atoms with van der Waals surface area (Å²) in [4.78, 5) is 0. The van der Waals surface area contributed by atoms with Crippen LogP contribution in [0.25, 0.3) is 0 Å². The van der Waals surface area contributed by atoms with Crippen LogP contribution in [-0.2, 0) is 44.2 Å². The van der Waals surface area contributed by atoms with E-state index in [-0.39, 0.29) is 0 Å². The molecule has 3 atom stereocenters. The second kappa shape index (κ2) is 6.99. The molecule has 4 N–H and O–H groups in total. The van der Waals surface area contributed by atoms with E-state index in [9.17, 15) is 25.3 Å². The third-order valence-electron chi connectivity index (χ3n) is 2.40. The van der Waals surface area contributed by atoms with Gasteiger partial charge >= 0.3 is 31.1 Å². The van der Waals surface area contributed by atoms with E-state index in [2.05, 4.69) is 8.37 Å². The molecule has 0 aromatic heterocycles. The van der Waals surface area contributed by atoms with Gasteiger partial charge in [0.2, 0.25) is 0 Å². The zero-order valence-corrected chi connectivity index (χ0v) is 13.0. The van der Waals surface area contributed by atoms with Crippen LogP contribution in [0.3, 0.4) is 0 Å². The van der Waals surface area contributed by atoms with Crippen LogP contribution in [0.1, 0.15) is 6.42 Å². The number of ether oxygens (including phenoxy) is 1. The lowest BCUT2D eigenvalue weighted by molar-refractivity contribution is -0.0688. The summed E-state index contributed by atoms with van der Waals surface area (Å²) in [5.41, 5.74) is 0. The molecule has 0 amide bonds. The lowest BCUT2D eigenvalue weighted by Gasteiger charge is -2.34. The Hall–Kier alpha value is -0.430. The van der Waals surface area contributed by atoms with E-state index >= 15 is 0 Å². The smallest absolute Gasteiger partial charge is 0.374 e. The Kier molecular flexibility index (Phi) is 6.23. The summed E-state index contributed by atoms with van der Waals surface area (Å²) in [6, 6.07) is -1.38. The van der Waals surface area contributed by atoms with E-state index in [1.54, 1.807) is 4.72 Å². The maximum atomic E-state index is 10.7. The third-order valence-corrected chi connectivity index (χ3v) is 3.93. The molecule has 1 heterocycles. The summed E-state index contributed by atoms with van der Waals surface area (Å²) < 4.78 is 104. The van der Waals surface area contributed by atoms with E-state index in [1.165, 1.54) is 0 Å². The number of hydrogen-bond donors (Lipinski definition) is 4. The molecule has 22 heavy (non-hydrogen) atoms. The molecule has 0 spiro atoms. The van der Waals surface area contributed by atoms with Crippen LogP contribution >= 0.6 is 0 Å². The Morgan fingerprint density at radius 2 is 1.64 bits per heavy atom. The molecule has 13 nitrogen and oxygen atoms in total. The van der Waals surface area contributed by atoms with Gasteiger partial charge in [-0.2, -0.15) is 30.0 Å². The molecule has 0 aromatic rings. The fourth-order valence-corrected chi connectivity index (χ4v) is 3.13. The molecule has 1 aliphatic rings. The van der Waals surface area contributed by atoms with Gasteiger partial charge in [0.25, 0.3) is 0 Å². The standard InChI is InChI=1S/C6H13NO12S3/c8-20(9,10)7-5-3-17-4(2-18-21(11,12)13)1-6(5)19-22(14,15)16/h4-7H,1-3H2,(H,8,9,10)(H,11,12,13)(H,14,15,16)/t4?,5?,6-/m0/s1. The van der Waals surface area contributed by atoms with E-state index in [0.29, 0.717) is 0 Å². The van der Waals surface area contributed by atoms with Gasteiger partial charge in [-0.05, 0) is 0 Å². The maximum absolute atomic E-state index is 10.7. The fourth-order valence-electron chi connectivity index (χ4n) is 1.68. The van der Waals surface area contributed by atoms with Crippen molar-refractivity contribution in [3.8, 4) is 0 Å². The van der Waals surface area contributed by atoms with Crippen LogP contribution in [0.15, 0.2) is 0 Å². The van der Waals surface area contributed by atoms with Crippen molar-refractivity contribution < 1.29 is 52.0 Å². The van der Waals surface area contributed by atoms with Crippen molar-refractivity contribution in [3.05, 3.63) is 0 Å². The van der Waals surface area contributed by atoms with Crippen LogP contribution in [0.4, 0.5) is 0 Å². The quantitative estimate of drug-likeness (QED) is 0.336. The zero-order chi connectivity index (χ0) is 17.2. The average molecular weight is 387 g/mol. The van der Waals surface area contributed by atoms with E-state index in [4.69, 9.17) is 18.4 Å². The van der Waals surface area contributed by atoms with Gasteiger partial charge in [0.1, 0.15) is 6.10 Å². The van der Waals surface area contributed by atoms with E-state index < -0.39 is 69.0 Å². The van der Waals surface area contributed by atoms with Gasteiger partial charge in [0.05, 0.1) is 25.4 Å². The molecule has 0 saturated carbocycles. The molecule has 0 radical (unpaired) electrons. The van der Waals surface area contributed by atoms with Gasteiger partial charge in [-0.3, -0.25) is 13.7 Å². The Bertz CT molecular complexity index is 680. The summed E-state index contributed by atoms with van der Waals surface area (Å²) in [5, 5.41) is 0. The lowest BCUT2D eigenvalue weighted by atomic mass is 10.0. The molecular formula is C6H13NO12S3. The summed E-state index contributed by atoms with van der Waals surface area (Å²) in [7, 11) is -14.4. The highest BCUT2D eigenvalue weighted by Crippen LogP contribution is 2.20. The zero-order valence-electron chi connectivity index (χ0n) is 10.6. The monoisotopic (exact) mass is 387 g/mol. The van der Waals surface area contributed by atoms with Crippen LogP contribution < -0.4 is 4.72 Å². The lowest BCUT2D eigenvalue weighted by Crippen LogP contribution is -2.53. The maximum Gasteiger partial charge on any atom is 0.397 e. The van der Waals surface area contributed by atoms with Crippen LogP contribution in [0.2, 0.25) is 0 Å². The Labute approximate surface area is 126 Å². The first-order valence-electron chi connectivity index (χ1n) is 5.39. The van der Waals surface area contributed by atoms with E-state index in [0.717, 1.165) is 0 Å². The molecule has 2 unspecified atom stereocenters. The topological polar surface area (TPSA) is 203 Å². The van der Waals surface area contributed by atoms with Gasteiger partial charge in [-0.1, -0.05) is 0 Å². The summed E-state index contributed by atoms with van der Waals surface area (Å²) >= 11 is 0. The molecule has 1 saturated heterocycles. The largest absolute Gasteiger partial charge is 0.397 e. The Morgan fingerprint density at radius 3 is 2.09 bits per heavy atom. The van der Waals surface area contributed by atoms with Crippen molar-refractivity contribution in [2.75, 3.05) is 13.2 Å². The average Bonchev–Trinajstić information content (AvgIpc) is 2.24. The third kappa shape index (κ3) is 8.27. The molecule has 0 aromatic carbocycles. The van der Waals surface area contributed by atoms with Crippen molar-refractivity contribution in [1.82, 2.24) is 4.72 Å². The molecule has 16 heteroatoms. The second-order valence-electron chi connectivity index (χ2n) is 4.17. The minimum Gasteiger partial charge on any atom is -0.374 e. The molecule has 132 valence electrons. The van der Waals surface area contributed by atoms with Crippen molar-refractivity contribution in [2.45, 2.75) is 24.7 Å². The highest BCUT2D eigenvalue weighted by Gasteiger charge is 2.37. The summed E-state index contributed by atoms with van der Waals surface area (Å²) in [6.45, 7) is -1.23. The SMILES string of the molecule is O=S(=O)(O)NC1COC(COS(=O)(=O)O)C[C@@H]1OS(=O)(=O)O. The predicted octanol–water partition coefficient (Wildman–Crippen LogP) is -2.46. The van der Waals surface area contributed by atoms with Crippen LogP contribution in [0.5, 0.6) is 0 Å². The van der Waals surface area contributed by atoms with Crippen LogP contribution in [-0.4, -0.2) is 70.4 Å². The predicted molar refractivity (Wildman–Crippen MR) is 66.8 cm³/mol. The van der Waals surface area contributed by atoms with Gasteiger partial charge in [0, 0.05) is 6.42 Å². The highest BCUT2D eigenvalue weighted by atomic mass is 32.3. The van der Waals surface area contributed by atoms with Crippen LogP contribution in [0, 0.1) is 0 Å².